The summed E-state index contributed by atoms with van der Waals surface area (Å²) in [6.45, 7) is 13.5. The topological polar surface area (TPSA) is 49.4 Å². The van der Waals surface area contributed by atoms with Crippen molar-refractivity contribution in [1.29, 1.82) is 0 Å². The third-order valence-corrected chi connectivity index (χ3v) is 3.89. The second kappa shape index (κ2) is 9.45. The van der Waals surface area contributed by atoms with E-state index in [2.05, 4.69) is 46.9 Å². The Labute approximate surface area is 146 Å². The molecule has 0 fully saturated rings. The van der Waals surface area contributed by atoms with Crippen molar-refractivity contribution in [3.05, 3.63) is 29.3 Å². The number of rotatable bonds is 7. The molecule has 24 heavy (non-hydrogen) atoms. The molecule has 0 aliphatic carbocycles. The standard InChI is InChI=1S/C20H32N2O2/c1-7-16-10-9-11-17(8-2)18(16)21-19(23)20(24)22(12-14(3)4)13-15(5)6/h9-11,14-15H,7-8,12-13H2,1-6H3,(H,21,23). The molecule has 2 amide bonds. The van der Waals surface area contributed by atoms with Gasteiger partial charge in [-0.3, -0.25) is 9.59 Å². The largest absolute Gasteiger partial charge is 0.334 e. The summed E-state index contributed by atoms with van der Waals surface area (Å²) in [5, 5.41) is 2.88. The van der Waals surface area contributed by atoms with Crippen molar-refractivity contribution in [2.45, 2.75) is 54.4 Å². The van der Waals surface area contributed by atoms with Gasteiger partial charge in [-0.25, -0.2) is 0 Å². The molecule has 0 spiro atoms. The average molecular weight is 332 g/mol. The molecule has 1 N–H and O–H groups in total. The Morgan fingerprint density at radius 1 is 0.958 bits per heavy atom. The van der Waals surface area contributed by atoms with Crippen molar-refractivity contribution in [1.82, 2.24) is 4.90 Å². The number of amides is 2. The van der Waals surface area contributed by atoms with Crippen LogP contribution in [-0.4, -0.2) is 29.8 Å². The summed E-state index contributed by atoms with van der Waals surface area (Å²) in [6, 6.07) is 6.00. The van der Waals surface area contributed by atoms with Gasteiger partial charge in [-0.05, 0) is 35.8 Å². The first-order valence-electron chi connectivity index (χ1n) is 9.01. The van der Waals surface area contributed by atoms with E-state index >= 15 is 0 Å². The predicted molar refractivity (Wildman–Crippen MR) is 100 cm³/mol. The SMILES string of the molecule is CCc1cccc(CC)c1NC(=O)C(=O)N(CC(C)C)CC(C)C. The number of nitrogens with zero attached hydrogens (tertiary/aromatic N) is 1. The molecule has 4 nitrogen and oxygen atoms in total. The van der Waals surface area contributed by atoms with Gasteiger partial charge in [-0.1, -0.05) is 59.7 Å². The van der Waals surface area contributed by atoms with Crippen molar-refractivity contribution in [3.63, 3.8) is 0 Å². The maximum absolute atomic E-state index is 12.6. The summed E-state index contributed by atoms with van der Waals surface area (Å²) in [7, 11) is 0. The van der Waals surface area contributed by atoms with Gasteiger partial charge in [0.1, 0.15) is 0 Å². The van der Waals surface area contributed by atoms with E-state index in [1.165, 1.54) is 0 Å². The Morgan fingerprint density at radius 3 is 1.79 bits per heavy atom. The van der Waals surface area contributed by atoms with E-state index in [0.29, 0.717) is 24.9 Å². The molecule has 134 valence electrons. The summed E-state index contributed by atoms with van der Waals surface area (Å²) in [6.07, 6.45) is 1.64. The molecule has 0 saturated carbocycles. The van der Waals surface area contributed by atoms with Gasteiger partial charge in [0.25, 0.3) is 0 Å². The Morgan fingerprint density at radius 2 is 1.42 bits per heavy atom. The lowest BCUT2D eigenvalue weighted by Crippen LogP contribution is -2.43. The zero-order valence-electron chi connectivity index (χ0n) is 16.0. The van der Waals surface area contributed by atoms with Crippen molar-refractivity contribution in [2.24, 2.45) is 11.8 Å². The van der Waals surface area contributed by atoms with Gasteiger partial charge in [0.05, 0.1) is 0 Å². The third kappa shape index (κ3) is 5.66. The van der Waals surface area contributed by atoms with E-state index in [9.17, 15) is 9.59 Å². The van der Waals surface area contributed by atoms with Gasteiger partial charge in [0, 0.05) is 18.8 Å². The van der Waals surface area contributed by atoms with Crippen molar-refractivity contribution < 1.29 is 9.59 Å². The summed E-state index contributed by atoms with van der Waals surface area (Å²) in [4.78, 5) is 26.9. The second-order valence-electron chi connectivity index (χ2n) is 7.11. The van der Waals surface area contributed by atoms with Crippen LogP contribution in [0.5, 0.6) is 0 Å². The van der Waals surface area contributed by atoms with Crippen molar-refractivity contribution >= 4 is 17.5 Å². The predicted octanol–water partition coefficient (Wildman–Crippen LogP) is 3.89. The number of hydrogen-bond acceptors (Lipinski definition) is 2. The van der Waals surface area contributed by atoms with Crippen LogP contribution in [0, 0.1) is 11.8 Å². The van der Waals surface area contributed by atoms with Crippen molar-refractivity contribution in [3.8, 4) is 0 Å². The summed E-state index contributed by atoms with van der Waals surface area (Å²) in [5.74, 6) is -0.318. The number of anilines is 1. The van der Waals surface area contributed by atoms with Gasteiger partial charge in [-0.2, -0.15) is 0 Å². The average Bonchev–Trinajstić information content (AvgIpc) is 2.52. The van der Waals surface area contributed by atoms with Gasteiger partial charge < -0.3 is 10.2 Å². The monoisotopic (exact) mass is 332 g/mol. The van der Waals surface area contributed by atoms with E-state index in [4.69, 9.17) is 0 Å². The van der Waals surface area contributed by atoms with Crippen LogP contribution in [0.25, 0.3) is 0 Å². The fourth-order valence-corrected chi connectivity index (χ4v) is 2.84. The molecule has 4 heteroatoms. The summed E-state index contributed by atoms with van der Waals surface area (Å²) in [5.41, 5.74) is 2.93. The Balaban J connectivity index is 2.98. The van der Waals surface area contributed by atoms with Crippen LogP contribution in [0.2, 0.25) is 0 Å². The highest BCUT2D eigenvalue weighted by Gasteiger charge is 2.24. The van der Waals surface area contributed by atoms with Gasteiger partial charge in [0.15, 0.2) is 0 Å². The minimum atomic E-state index is -0.535. The molecule has 0 aliphatic heterocycles. The quantitative estimate of drug-likeness (QED) is 0.770. The van der Waals surface area contributed by atoms with E-state index in [1.54, 1.807) is 4.90 Å². The second-order valence-corrected chi connectivity index (χ2v) is 7.11. The lowest BCUT2D eigenvalue weighted by molar-refractivity contribution is -0.143. The molecule has 0 radical (unpaired) electrons. The number of carbonyl (C=O) groups excluding carboxylic acids is 2. The Kier molecular flexibility index (Phi) is 7.96. The van der Waals surface area contributed by atoms with Crippen LogP contribution in [-0.2, 0) is 22.4 Å². The van der Waals surface area contributed by atoms with E-state index in [1.807, 2.05) is 18.2 Å². The molecule has 1 aromatic rings. The Hall–Kier alpha value is -1.84. The highest BCUT2D eigenvalue weighted by atomic mass is 16.2. The van der Waals surface area contributed by atoms with Gasteiger partial charge >= 0.3 is 11.8 Å². The van der Waals surface area contributed by atoms with Crippen LogP contribution in [0.4, 0.5) is 5.69 Å². The molecule has 1 aromatic carbocycles. The molecular formula is C20H32N2O2. The van der Waals surface area contributed by atoms with Crippen LogP contribution >= 0.6 is 0 Å². The van der Waals surface area contributed by atoms with Crippen molar-refractivity contribution in [2.75, 3.05) is 18.4 Å². The van der Waals surface area contributed by atoms with E-state index in [0.717, 1.165) is 29.7 Å². The zero-order chi connectivity index (χ0) is 18.3. The first-order valence-corrected chi connectivity index (χ1v) is 9.01. The molecule has 0 atom stereocenters. The third-order valence-electron chi connectivity index (χ3n) is 3.89. The number of nitrogens with one attached hydrogen (secondary N) is 1. The van der Waals surface area contributed by atoms with Crippen LogP contribution < -0.4 is 5.32 Å². The van der Waals surface area contributed by atoms with Crippen LogP contribution in [0.15, 0.2) is 18.2 Å². The number of para-hydroxylation sites is 1. The molecule has 0 aliphatic rings. The normalized spacial score (nSPS) is 11.0. The number of hydrogen-bond donors (Lipinski definition) is 1. The molecule has 0 bridgehead atoms. The highest BCUT2D eigenvalue weighted by Crippen LogP contribution is 2.22. The highest BCUT2D eigenvalue weighted by molar-refractivity contribution is 6.39. The van der Waals surface area contributed by atoms with E-state index in [-0.39, 0.29) is 0 Å². The minimum Gasteiger partial charge on any atom is -0.334 e. The number of benzene rings is 1. The van der Waals surface area contributed by atoms with Gasteiger partial charge in [0.2, 0.25) is 0 Å². The lowest BCUT2D eigenvalue weighted by Gasteiger charge is -2.26. The van der Waals surface area contributed by atoms with Crippen LogP contribution in [0.1, 0.15) is 52.7 Å². The van der Waals surface area contributed by atoms with Gasteiger partial charge in [-0.15, -0.1) is 0 Å². The smallest absolute Gasteiger partial charge is 0.313 e. The molecule has 0 unspecified atom stereocenters. The molecule has 0 aromatic heterocycles. The molecule has 1 rings (SSSR count). The molecular weight excluding hydrogens is 300 g/mol. The fraction of sp³-hybridized carbons (Fsp3) is 0.600. The zero-order valence-corrected chi connectivity index (χ0v) is 16.0. The number of aryl methyl sites for hydroxylation is 2. The first-order chi connectivity index (χ1) is 11.3. The lowest BCUT2D eigenvalue weighted by atomic mass is 10.0. The van der Waals surface area contributed by atoms with E-state index < -0.39 is 11.8 Å². The minimum absolute atomic E-state index is 0.328. The summed E-state index contributed by atoms with van der Waals surface area (Å²) >= 11 is 0. The Bertz CT molecular complexity index is 533. The summed E-state index contributed by atoms with van der Waals surface area (Å²) < 4.78 is 0. The number of carbonyl (C=O) groups is 2. The molecule has 0 saturated heterocycles. The fourth-order valence-electron chi connectivity index (χ4n) is 2.84. The van der Waals surface area contributed by atoms with Crippen LogP contribution in [0.3, 0.4) is 0 Å². The first kappa shape index (κ1) is 20.2. The molecule has 0 heterocycles. The maximum atomic E-state index is 12.6. The maximum Gasteiger partial charge on any atom is 0.313 e.